The highest BCUT2D eigenvalue weighted by atomic mass is 16.3. The van der Waals surface area contributed by atoms with Gasteiger partial charge in [-0.15, -0.1) is 0 Å². The molecular formula is C15H14N4O. The summed E-state index contributed by atoms with van der Waals surface area (Å²) in [5.74, 6) is 0.826. The summed E-state index contributed by atoms with van der Waals surface area (Å²) < 4.78 is 5.33. The van der Waals surface area contributed by atoms with Gasteiger partial charge in [0.1, 0.15) is 11.3 Å². The number of nitrogens with zero attached hydrogens (tertiary/aromatic N) is 3. The minimum absolute atomic E-state index is 0.660. The van der Waals surface area contributed by atoms with Crippen molar-refractivity contribution in [3.8, 4) is 11.3 Å². The van der Waals surface area contributed by atoms with Crippen LogP contribution in [0, 0.1) is 0 Å². The van der Waals surface area contributed by atoms with E-state index in [1.165, 1.54) is 19.2 Å². The van der Waals surface area contributed by atoms with E-state index >= 15 is 0 Å². The van der Waals surface area contributed by atoms with E-state index in [4.69, 9.17) is 4.42 Å². The van der Waals surface area contributed by atoms with E-state index in [9.17, 15) is 0 Å². The van der Waals surface area contributed by atoms with Crippen LogP contribution in [0.4, 0.5) is 0 Å². The molecule has 0 bridgehead atoms. The molecular weight excluding hydrogens is 252 g/mol. The molecule has 1 N–H and O–H groups in total. The zero-order valence-corrected chi connectivity index (χ0v) is 10.9. The lowest BCUT2D eigenvalue weighted by molar-refractivity contribution is 0.602. The fourth-order valence-corrected chi connectivity index (χ4v) is 2.18. The van der Waals surface area contributed by atoms with Crippen LogP contribution in [0.3, 0.4) is 0 Å². The third kappa shape index (κ3) is 2.28. The van der Waals surface area contributed by atoms with E-state index in [2.05, 4.69) is 20.3 Å². The maximum absolute atomic E-state index is 5.33. The molecule has 2 aromatic heterocycles. The molecule has 0 radical (unpaired) electrons. The summed E-state index contributed by atoms with van der Waals surface area (Å²) >= 11 is 0. The predicted molar refractivity (Wildman–Crippen MR) is 74.9 cm³/mol. The maximum atomic E-state index is 5.33. The van der Waals surface area contributed by atoms with Crippen molar-refractivity contribution in [2.75, 3.05) is 0 Å². The summed E-state index contributed by atoms with van der Waals surface area (Å²) in [5, 5.41) is 3.42. The summed E-state index contributed by atoms with van der Waals surface area (Å²) in [6, 6.07) is 8.48. The number of hydrogen-bond donors (Lipinski definition) is 1. The minimum Gasteiger partial charge on any atom is -0.443 e. The quantitative estimate of drug-likeness (QED) is 0.786. The molecule has 5 nitrogen and oxygen atoms in total. The fourth-order valence-electron chi connectivity index (χ4n) is 2.18. The second kappa shape index (κ2) is 4.68. The fraction of sp³-hybridized carbons (Fsp3) is 0.267. The van der Waals surface area contributed by atoms with Crippen molar-refractivity contribution in [1.29, 1.82) is 0 Å². The lowest BCUT2D eigenvalue weighted by Crippen LogP contribution is -2.17. The predicted octanol–water partition coefficient (Wildman–Crippen LogP) is 2.54. The zero-order valence-electron chi connectivity index (χ0n) is 10.9. The van der Waals surface area contributed by atoms with Gasteiger partial charge >= 0.3 is 0 Å². The molecule has 0 amide bonds. The number of nitrogens with one attached hydrogen (secondary N) is 1. The molecule has 1 aromatic carbocycles. The van der Waals surface area contributed by atoms with Crippen molar-refractivity contribution < 1.29 is 4.42 Å². The van der Waals surface area contributed by atoms with Crippen molar-refractivity contribution >= 4 is 11.1 Å². The third-order valence-corrected chi connectivity index (χ3v) is 3.46. The molecule has 4 rings (SSSR count). The molecule has 5 heteroatoms. The number of fused-ring (bicyclic) bond motifs is 1. The molecule has 3 aromatic rings. The smallest absolute Gasteiger partial charge is 0.181 e. The van der Waals surface area contributed by atoms with Gasteiger partial charge in [0.25, 0.3) is 0 Å². The van der Waals surface area contributed by atoms with Crippen LogP contribution in [0.2, 0.25) is 0 Å². The van der Waals surface area contributed by atoms with Gasteiger partial charge in [0, 0.05) is 17.8 Å². The first kappa shape index (κ1) is 11.5. The van der Waals surface area contributed by atoms with Crippen LogP contribution in [0.1, 0.15) is 18.7 Å². The Labute approximate surface area is 116 Å². The normalized spacial score (nSPS) is 14.8. The van der Waals surface area contributed by atoms with Gasteiger partial charge in [0.2, 0.25) is 0 Å². The highest BCUT2D eigenvalue weighted by molar-refractivity contribution is 5.78. The van der Waals surface area contributed by atoms with Gasteiger partial charge in [-0.1, -0.05) is 6.07 Å². The van der Waals surface area contributed by atoms with Gasteiger partial charge < -0.3 is 9.73 Å². The number of rotatable bonds is 4. The average molecular weight is 266 g/mol. The number of benzene rings is 1. The largest absolute Gasteiger partial charge is 0.443 e. The van der Waals surface area contributed by atoms with Crippen LogP contribution < -0.4 is 5.32 Å². The van der Waals surface area contributed by atoms with Crippen molar-refractivity contribution in [2.24, 2.45) is 0 Å². The van der Waals surface area contributed by atoms with E-state index in [0.29, 0.717) is 6.04 Å². The van der Waals surface area contributed by atoms with Crippen molar-refractivity contribution in [1.82, 2.24) is 20.3 Å². The summed E-state index contributed by atoms with van der Waals surface area (Å²) in [5.41, 5.74) is 3.56. The number of hydrogen-bond acceptors (Lipinski definition) is 5. The van der Waals surface area contributed by atoms with Gasteiger partial charge in [0.15, 0.2) is 12.0 Å². The summed E-state index contributed by atoms with van der Waals surface area (Å²) in [6.07, 6.45) is 5.79. The molecule has 1 saturated carbocycles. The second-order valence-corrected chi connectivity index (χ2v) is 5.05. The molecule has 0 atom stereocenters. The van der Waals surface area contributed by atoms with Crippen LogP contribution >= 0.6 is 0 Å². The Morgan fingerprint density at radius 3 is 3.05 bits per heavy atom. The maximum Gasteiger partial charge on any atom is 0.181 e. The Kier molecular flexibility index (Phi) is 2.70. The van der Waals surface area contributed by atoms with E-state index in [1.54, 1.807) is 6.20 Å². The van der Waals surface area contributed by atoms with E-state index < -0.39 is 0 Å². The lowest BCUT2D eigenvalue weighted by Gasteiger charge is -2.04. The standard InChI is InChI=1S/C15H14N4O/c1-4-13-14(20-9-18-13)7-10(1)12-5-6-16-15(19-12)8-17-11-2-3-11/h1,4-7,9,11,17H,2-3,8H2. The first-order valence-electron chi connectivity index (χ1n) is 6.77. The minimum atomic E-state index is 0.660. The zero-order chi connectivity index (χ0) is 13.4. The van der Waals surface area contributed by atoms with Crippen LogP contribution in [-0.4, -0.2) is 21.0 Å². The van der Waals surface area contributed by atoms with Crippen LogP contribution in [-0.2, 0) is 6.54 Å². The van der Waals surface area contributed by atoms with Gasteiger partial charge in [0.05, 0.1) is 12.2 Å². The van der Waals surface area contributed by atoms with E-state index in [-0.39, 0.29) is 0 Å². The van der Waals surface area contributed by atoms with Gasteiger partial charge in [-0.25, -0.2) is 15.0 Å². The summed E-state index contributed by atoms with van der Waals surface area (Å²) in [7, 11) is 0. The van der Waals surface area contributed by atoms with Crippen molar-refractivity contribution in [3.63, 3.8) is 0 Å². The summed E-state index contributed by atoms with van der Waals surface area (Å²) in [6.45, 7) is 0.725. The molecule has 1 aliphatic rings. The molecule has 0 aliphatic heterocycles. The second-order valence-electron chi connectivity index (χ2n) is 5.05. The SMILES string of the molecule is c1cc(-c2ccc3ncoc3c2)nc(CNC2CC2)n1. The molecule has 0 saturated heterocycles. The summed E-state index contributed by atoms with van der Waals surface area (Å²) in [4.78, 5) is 13.0. The topological polar surface area (TPSA) is 63.8 Å². The Bertz CT molecular complexity index is 748. The molecule has 0 unspecified atom stereocenters. The number of oxazole rings is 1. The Morgan fingerprint density at radius 1 is 1.20 bits per heavy atom. The van der Waals surface area contributed by atoms with Crippen LogP contribution in [0.5, 0.6) is 0 Å². The monoisotopic (exact) mass is 266 g/mol. The van der Waals surface area contributed by atoms with Gasteiger partial charge in [-0.2, -0.15) is 0 Å². The van der Waals surface area contributed by atoms with Gasteiger partial charge in [-0.05, 0) is 31.0 Å². The van der Waals surface area contributed by atoms with Crippen molar-refractivity contribution in [2.45, 2.75) is 25.4 Å². The van der Waals surface area contributed by atoms with Gasteiger partial charge in [-0.3, -0.25) is 0 Å². The highest BCUT2D eigenvalue weighted by Crippen LogP contribution is 2.22. The Hall–Kier alpha value is -2.27. The van der Waals surface area contributed by atoms with E-state index in [0.717, 1.165) is 34.7 Å². The molecule has 2 heterocycles. The lowest BCUT2D eigenvalue weighted by atomic mass is 10.1. The third-order valence-electron chi connectivity index (χ3n) is 3.46. The van der Waals surface area contributed by atoms with E-state index in [1.807, 2.05) is 24.3 Å². The molecule has 1 aliphatic carbocycles. The van der Waals surface area contributed by atoms with Crippen LogP contribution in [0.25, 0.3) is 22.4 Å². The highest BCUT2D eigenvalue weighted by Gasteiger charge is 2.20. The molecule has 1 fully saturated rings. The average Bonchev–Trinajstić information content (AvgIpc) is 3.20. The number of aromatic nitrogens is 3. The molecule has 0 spiro atoms. The Balaban J connectivity index is 1.63. The first-order valence-corrected chi connectivity index (χ1v) is 6.77. The van der Waals surface area contributed by atoms with Crippen molar-refractivity contribution in [3.05, 3.63) is 42.7 Å². The Morgan fingerprint density at radius 2 is 2.15 bits per heavy atom. The molecule has 100 valence electrons. The first-order chi connectivity index (χ1) is 9.88. The van der Waals surface area contributed by atoms with Crippen LogP contribution in [0.15, 0.2) is 41.3 Å². The molecule has 20 heavy (non-hydrogen) atoms.